The lowest BCUT2D eigenvalue weighted by Gasteiger charge is -2.32. The Labute approximate surface area is 142 Å². The third kappa shape index (κ3) is 5.74. The van der Waals surface area contributed by atoms with E-state index in [2.05, 4.69) is 28.8 Å². The second-order valence-electron chi connectivity index (χ2n) is 6.73. The molecular formula is C18H27F2N3O. The van der Waals surface area contributed by atoms with Gasteiger partial charge >= 0.3 is 6.03 Å². The fourth-order valence-electron chi connectivity index (χ4n) is 3.22. The van der Waals surface area contributed by atoms with Gasteiger partial charge in [0.25, 0.3) is 6.43 Å². The molecule has 0 aromatic heterocycles. The van der Waals surface area contributed by atoms with Crippen LogP contribution in [0.25, 0.3) is 0 Å². The maximum atomic E-state index is 12.4. The summed E-state index contributed by atoms with van der Waals surface area (Å²) in [6, 6.07) is 6.01. The Morgan fingerprint density at radius 2 is 1.79 bits per heavy atom. The van der Waals surface area contributed by atoms with Crippen LogP contribution in [-0.2, 0) is 0 Å². The van der Waals surface area contributed by atoms with Gasteiger partial charge in [-0.1, -0.05) is 29.3 Å². The molecule has 1 atom stereocenters. The minimum absolute atomic E-state index is 0.0466. The van der Waals surface area contributed by atoms with Gasteiger partial charge in [0.05, 0.1) is 12.6 Å². The molecule has 0 spiro atoms. The third-order valence-electron chi connectivity index (χ3n) is 4.41. The lowest BCUT2D eigenvalue weighted by atomic mass is 10.0. The lowest BCUT2D eigenvalue weighted by Crippen LogP contribution is -2.48. The molecule has 4 nitrogen and oxygen atoms in total. The van der Waals surface area contributed by atoms with Crippen molar-refractivity contribution < 1.29 is 13.6 Å². The van der Waals surface area contributed by atoms with Gasteiger partial charge in [0.2, 0.25) is 0 Å². The summed E-state index contributed by atoms with van der Waals surface area (Å²) in [4.78, 5) is 13.9. The highest BCUT2D eigenvalue weighted by Gasteiger charge is 2.23. The van der Waals surface area contributed by atoms with Gasteiger partial charge in [0, 0.05) is 19.1 Å². The van der Waals surface area contributed by atoms with Crippen LogP contribution in [0.2, 0.25) is 0 Å². The van der Waals surface area contributed by atoms with Gasteiger partial charge in [-0.15, -0.1) is 0 Å². The van der Waals surface area contributed by atoms with Crippen LogP contribution in [0.1, 0.15) is 42.5 Å². The van der Waals surface area contributed by atoms with Crippen molar-refractivity contribution in [2.75, 3.05) is 19.6 Å². The number of urea groups is 1. The third-order valence-corrected chi connectivity index (χ3v) is 4.41. The zero-order valence-corrected chi connectivity index (χ0v) is 14.6. The summed E-state index contributed by atoms with van der Waals surface area (Å²) in [6.07, 6.45) is -0.882. The van der Waals surface area contributed by atoms with Crippen molar-refractivity contribution in [3.8, 4) is 0 Å². The molecule has 2 rings (SSSR count). The van der Waals surface area contributed by atoms with E-state index in [-0.39, 0.29) is 24.7 Å². The fraction of sp³-hybridized carbons (Fsp3) is 0.611. The van der Waals surface area contributed by atoms with Crippen LogP contribution < -0.4 is 10.6 Å². The molecule has 134 valence electrons. The SMILES string of the molecule is Cc1cc(C)cc(C(C)NC(=O)NC2CCN(CC(F)F)CC2)c1. The van der Waals surface area contributed by atoms with E-state index in [1.807, 2.05) is 20.8 Å². The average molecular weight is 339 g/mol. The highest BCUT2D eigenvalue weighted by Crippen LogP contribution is 2.17. The summed E-state index contributed by atoms with van der Waals surface area (Å²) in [7, 11) is 0. The van der Waals surface area contributed by atoms with Crippen molar-refractivity contribution in [2.45, 2.75) is 52.1 Å². The number of aryl methyl sites for hydroxylation is 2. The van der Waals surface area contributed by atoms with E-state index in [1.165, 1.54) is 11.1 Å². The first-order chi connectivity index (χ1) is 11.3. The van der Waals surface area contributed by atoms with Crippen LogP contribution in [0.3, 0.4) is 0 Å². The number of hydrogen-bond donors (Lipinski definition) is 2. The van der Waals surface area contributed by atoms with Crippen LogP contribution in [0.5, 0.6) is 0 Å². The summed E-state index contributed by atoms with van der Waals surface area (Å²) in [5.74, 6) is 0. The van der Waals surface area contributed by atoms with E-state index in [0.717, 1.165) is 5.56 Å². The lowest BCUT2D eigenvalue weighted by molar-refractivity contribution is 0.0736. The number of carbonyl (C=O) groups is 1. The fourth-order valence-corrected chi connectivity index (χ4v) is 3.22. The number of hydrogen-bond acceptors (Lipinski definition) is 2. The molecule has 0 bridgehead atoms. The van der Waals surface area contributed by atoms with Gasteiger partial charge in [-0.25, -0.2) is 13.6 Å². The van der Waals surface area contributed by atoms with E-state index in [1.54, 1.807) is 4.90 Å². The molecule has 0 aliphatic carbocycles. The quantitative estimate of drug-likeness (QED) is 0.864. The smallest absolute Gasteiger partial charge is 0.315 e. The van der Waals surface area contributed by atoms with E-state index in [0.29, 0.717) is 25.9 Å². The van der Waals surface area contributed by atoms with Crippen LogP contribution in [0, 0.1) is 13.8 Å². The normalized spacial score (nSPS) is 17.8. The number of amides is 2. The van der Waals surface area contributed by atoms with Gasteiger partial charge in [-0.2, -0.15) is 0 Å². The number of carbonyl (C=O) groups excluding carboxylic acids is 1. The van der Waals surface area contributed by atoms with Gasteiger partial charge in [0.15, 0.2) is 0 Å². The monoisotopic (exact) mass is 339 g/mol. The van der Waals surface area contributed by atoms with Crippen LogP contribution in [0.15, 0.2) is 18.2 Å². The molecule has 1 aromatic rings. The van der Waals surface area contributed by atoms with Gasteiger partial charge in [-0.3, -0.25) is 4.90 Å². The van der Waals surface area contributed by atoms with Gasteiger partial charge in [0.1, 0.15) is 0 Å². The zero-order valence-electron chi connectivity index (χ0n) is 14.6. The molecular weight excluding hydrogens is 312 g/mol. The Bertz CT molecular complexity index is 537. The van der Waals surface area contributed by atoms with Crippen molar-refractivity contribution in [2.24, 2.45) is 0 Å². The summed E-state index contributed by atoms with van der Waals surface area (Å²) < 4.78 is 24.7. The number of rotatable bonds is 5. The second kappa shape index (κ2) is 8.42. The maximum Gasteiger partial charge on any atom is 0.315 e. The van der Waals surface area contributed by atoms with E-state index in [9.17, 15) is 13.6 Å². The number of nitrogens with zero attached hydrogens (tertiary/aromatic N) is 1. The predicted octanol–water partition coefficient (Wildman–Crippen LogP) is 3.39. The number of nitrogens with one attached hydrogen (secondary N) is 2. The molecule has 6 heteroatoms. The average Bonchev–Trinajstić information content (AvgIpc) is 2.47. The van der Waals surface area contributed by atoms with Crippen molar-refractivity contribution in [1.29, 1.82) is 0 Å². The Kier molecular flexibility index (Phi) is 6.54. The number of benzene rings is 1. The predicted molar refractivity (Wildman–Crippen MR) is 91.5 cm³/mol. The van der Waals surface area contributed by atoms with Crippen LogP contribution in [-0.4, -0.2) is 43.0 Å². The maximum absolute atomic E-state index is 12.4. The molecule has 1 fully saturated rings. The van der Waals surface area contributed by atoms with Gasteiger partial charge in [-0.05, 0) is 39.2 Å². The Morgan fingerprint density at radius 3 is 2.33 bits per heavy atom. The first-order valence-electron chi connectivity index (χ1n) is 8.49. The van der Waals surface area contributed by atoms with Crippen LogP contribution in [0.4, 0.5) is 13.6 Å². The van der Waals surface area contributed by atoms with E-state index >= 15 is 0 Å². The number of piperidine rings is 1. The van der Waals surface area contributed by atoms with Crippen molar-refractivity contribution in [1.82, 2.24) is 15.5 Å². The summed E-state index contributed by atoms with van der Waals surface area (Å²) >= 11 is 0. The molecule has 1 aliphatic heterocycles. The Balaban J connectivity index is 1.79. The number of alkyl halides is 2. The minimum Gasteiger partial charge on any atom is -0.335 e. The van der Waals surface area contributed by atoms with E-state index < -0.39 is 6.43 Å². The highest BCUT2D eigenvalue weighted by atomic mass is 19.3. The molecule has 0 saturated carbocycles. The number of halogens is 2. The van der Waals surface area contributed by atoms with Gasteiger partial charge < -0.3 is 10.6 Å². The van der Waals surface area contributed by atoms with Crippen molar-refractivity contribution in [3.05, 3.63) is 34.9 Å². The Hall–Kier alpha value is -1.69. The molecule has 1 saturated heterocycles. The minimum atomic E-state index is -2.29. The molecule has 1 unspecified atom stereocenters. The standard InChI is InChI=1S/C18H27F2N3O/c1-12-8-13(2)10-15(9-12)14(3)21-18(24)22-16-4-6-23(7-5-16)11-17(19)20/h8-10,14,16-17H,4-7,11H2,1-3H3,(H2,21,22,24). The summed E-state index contributed by atoms with van der Waals surface area (Å²) in [5, 5.41) is 5.92. The largest absolute Gasteiger partial charge is 0.335 e. The molecule has 0 radical (unpaired) electrons. The zero-order chi connectivity index (χ0) is 17.7. The Morgan fingerprint density at radius 1 is 1.21 bits per heavy atom. The molecule has 1 aromatic carbocycles. The molecule has 2 N–H and O–H groups in total. The van der Waals surface area contributed by atoms with E-state index in [4.69, 9.17) is 0 Å². The first-order valence-corrected chi connectivity index (χ1v) is 8.49. The van der Waals surface area contributed by atoms with Crippen molar-refractivity contribution >= 4 is 6.03 Å². The molecule has 1 heterocycles. The topological polar surface area (TPSA) is 44.4 Å². The molecule has 24 heavy (non-hydrogen) atoms. The number of likely N-dealkylation sites (tertiary alicyclic amines) is 1. The summed E-state index contributed by atoms with van der Waals surface area (Å²) in [5.41, 5.74) is 3.42. The van der Waals surface area contributed by atoms with Crippen LogP contribution >= 0.6 is 0 Å². The first kappa shape index (κ1) is 18.6. The molecule has 1 aliphatic rings. The van der Waals surface area contributed by atoms with Crippen molar-refractivity contribution in [3.63, 3.8) is 0 Å². The summed E-state index contributed by atoms with van der Waals surface area (Å²) in [6.45, 7) is 7.05. The second-order valence-corrected chi connectivity index (χ2v) is 6.73. The molecule has 2 amide bonds. The highest BCUT2D eigenvalue weighted by molar-refractivity contribution is 5.74.